The smallest absolute Gasteiger partial charge is 0.235 e. The number of aromatic hydroxyl groups is 1. The van der Waals surface area contributed by atoms with Crippen molar-refractivity contribution in [1.29, 1.82) is 0 Å². The van der Waals surface area contributed by atoms with Crippen molar-refractivity contribution in [3.8, 4) is 5.75 Å². The molecule has 0 unspecified atom stereocenters. The van der Waals surface area contributed by atoms with E-state index in [1.807, 2.05) is 0 Å². The van der Waals surface area contributed by atoms with Crippen molar-refractivity contribution in [2.24, 2.45) is 4.99 Å². The molecule has 0 bridgehead atoms. The van der Waals surface area contributed by atoms with Gasteiger partial charge in [-0.3, -0.25) is 4.79 Å². The molecule has 1 amide bonds. The van der Waals surface area contributed by atoms with Crippen LogP contribution in [0.1, 0.15) is 31.7 Å². The summed E-state index contributed by atoms with van der Waals surface area (Å²) in [6, 6.07) is 3.16. The molecule has 1 aliphatic rings. The monoisotopic (exact) mass is 324 g/mol. The Morgan fingerprint density at radius 1 is 1.53 bits per heavy atom. The highest BCUT2D eigenvalue weighted by Gasteiger charge is 2.42. The maximum atomic E-state index is 11.3. The molecule has 1 fully saturated rings. The van der Waals surface area contributed by atoms with Crippen molar-refractivity contribution in [1.82, 2.24) is 0 Å². The first kappa shape index (κ1) is 13.8. The third-order valence-electron chi connectivity index (χ3n) is 3.34. The Balaban J connectivity index is 2.63. The van der Waals surface area contributed by atoms with Crippen molar-refractivity contribution in [2.45, 2.75) is 31.7 Å². The van der Waals surface area contributed by atoms with Gasteiger partial charge in [-0.2, -0.15) is 4.99 Å². The number of carbonyl (C=O) groups is 1. The Hall–Kier alpha value is -1.65. The fraction of sp³-hybridized carbons (Fsp3) is 0.385. The first-order valence-electron chi connectivity index (χ1n) is 5.89. The zero-order chi connectivity index (χ0) is 14.0. The number of benzene rings is 1. The molecule has 5 nitrogen and oxygen atoms in total. The lowest BCUT2D eigenvalue weighted by Gasteiger charge is -2.39. The zero-order valence-corrected chi connectivity index (χ0v) is 12.0. The number of nitrogens with zero attached hydrogens (tertiary/aromatic N) is 1. The van der Waals surface area contributed by atoms with Crippen LogP contribution in [0.25, 0.3) is 0 Å². The molecule has 2 N–H and O–H groups in total. The molecular formula is C13H13BrN2O3. The minimum absolute atomic E-state index is 0.0410. The summed E-state index contributed by atoms with van der Waals surface area (Å²) in [6.07, 6.45) is 3.92. The van der Waals surface area contributed by atoms with Crippen molar-refractivity contribution in [3.05, 3.63) is 22.2 Å². The maximum absolute atomic E-state index is 11.3. The first-order valence-corrected chi connectivity index (χ1v) is 6.68. The van der Waals surface area contributed by atoms with E-state index in [9.17, 15) is 14.7 Å². The van der Waals surface area contributed by atoms with Gasteiger partial charge >= 0.3 is 0 Å². The molecule has 0 atom stereocenters. The number of hydrogen-bond donors (Lipinski definition) is 2. The minimum Gasteiger partial charge on any atom is -0.506 e. The summed E-state index contributed by atoms with van der Waals surface area (Å²) in [7, 11) is 0. The summed E-state index contributed by atoms with van der Waals surface area (Å²) in [4.78, 5) is 25.8. The molecule has 0 heterocycles. The highest BCUT2D eigenvalue weighted by molar-refractivity contribution is 9.10. The maximum Gasteiger partial charge on any atom is 0.235 e. The summed E-state index contributed by atoms with van der Waals surface area (Å²) in [5, 5.41) is 12.5. The fourth-order valence-corrected chi connectivity index (χ4v) is 3.04. The van der Waals surface area contributed by atoms with Crippen LogP contribution >= 0.6 is 15.9 Å². The lowest BCUT2D eigenvalue weighted by Crippen LogP contribution is -2.33. The highest BCUT2D eigenvalue weighted by atomic mass is 79.9. The van der Waals surface area contributed by atoms with Crippen molar-refractivity contribution < 1.29 is 14.7 Å². The number of phenolic OH excluding ortho intramolecular Hbond substituents is 1. The number of isocyanates is 1. The molecule has 1 aromatic carbocycles. The molecule has 100 valence electrons. The quantitative estimate of drug-likeness (QED) is 0.509. The van der Waals surface area contributed by atoms with Crippen LogP contribution < -0.4 is 5.32 Å². The van der Waals surface area contributed by atoms with Crippen molar-refractivity contribution >= 4 is 33.6 Å². The van der Waals surface area contributed by atoms with Gasteiger partial charge in [0, 0.05) is 17.0 Å². The van der Waals surface area contributed by atoms with Crippen LogP contribution in [0.15, 0.2) is 21.6 Å². The van der Waals surface area contributed by atoms with Crippen LogP contribution in [0.5, 0.6) is 5.75 Å². The summed E-state index contributed by atoms with van der Waals surface area (Å²) in [5.74, 6) is -0.333. The Morgan fingerprint density at radius 2 is 2.21 bits per heavy atom. The molecule has 1 saturated carbocycles. The molecule has 0 aromatic heterocycles. The van der Waals surface area contributed by atoms with E-state index in [0.29, 0.717) is 28.6 Å². The second kappa shape index (κ2) is 5.15. The van der Waals surface area contributed by atoms with Gasteiger partial charge in [-0.25, -0.2) is 4.79 Å². The Morgan fingerprint density at radius 3 is 2.68 bits per heavy atom. The van der Waals surface area contributed by atoms with Crippen LogP contribution in [0, 0.1) is 0 Å². The van der Waals surface area contributed by atoms with E-state index >= 15 is 0 Å². The second-order valence-electron chi connectivity index (χ2n) is 4.59. The fourth-order valence-electron chi connectivity index (χ4n) is 2.34. The van der Waals surface area contributed by atoms with Crippen LogP contribution in [-0.4, -0.2) is 17.1 Å². The summed E-state index contributed by atoms with van der Waals surface area (Å²) < 4.78 is 0.702. The number of halogens is 1. The third kappa shape index (κ3) is 2.41. The summed E-state index contributed by atoms with van der Waals surface area (Å²) >= 11 is 3.40. The standard InChI is InChI=1S/C13H13BrN2O3/c1-8(18)16-12-10(19)4-3-9(14)11(12)13(15-7-17)5-2-6-13/h3-4,19H,2,5-6H2,1H3,(H,16,18). The molecule has 0 aliphatic heterocycles. The van der Waals surface area contributed by atoms with E-state index in [1.165, 1.54) is 13.0 Å². The highest BCUT2D eigenvalue weighted by Crippen LogP contribution is 2.51. The molecule has 19 heavy (non-hydrogen) atoms. The van der Waals surface area contributed by atoms with E-state index in [0.717, 1.165) is 6.42 Å². The predicted molar refractivity (Wildman–Crippen MR) is 73.8 cm³/mol. The predicted octanol–water partition coefficient (Wildman–Crippen LogP) is 2.83. The zero-order valence-electron chi connectivity index (χ0n) is 10.4. The lowest BCUT2D eigenvalue weighted by molar-refractivity contribution is -0.114. The van der Waals surface area contributed by atoms with Gasteiger partial charge in [0.1, 0.15) is 11.3 Å². The van der Waals surface area contributed by atoms with Crippen molar-refractivity contribution in [3.63, 3.8) is 0 Å². The average molecular weight is 325 g/mol. The molecule has 0 spiro atoms. The van der Waals surface area contributed by atoms with Crippen LogP contribution in [0.4, 0.5) is 5.69 Å². The Bertz CT molecular complexity index is 575. The molecule has 1 aliphatic carbocycles. The SMILES string of the molecule is CC(=O)Nc1c(O)ccc(Br)c1C1(N=C=O)CCC1. The molecule has 2 rings (SSSR count). The minimum atomic E-state index is -0.697. The first-order chi connectivity index (χ1) is 9.00. The van der Waals surface area contributed by atoms with E-state index in [4.69, 9.17) is 0 Å². The number of nitrogens with one attached hydrogen (secondary N) is 1. The van der Waals surface area contributed by atoms with E-state index < -0.39 is 5.54 Å². The lowest BCUT2D eigenvalue weighted by atomic mass is 9.71. The second-order valence-corrected chi connectivity index (χ2v) is 5.44. The van der Waals surface area contributed by atoms with E-state index in [-0.39, 0.29) is 11.7 Å². The van der Waals surface area contributed by atoms with Crippen LogP contribution in [0.3, 0.4) is 0 Å². The van der Waals surface area contributed by atoms with Gasteiger partial charge < -0.3 is 10.4 Å². The number of phenols is 1. The van der Waals surface area contributed by atoms with Gasteiger partial charge in [0.2, 0.25) is 12.0 Å². The normalized spacial score (nSPS) is 16.1. The topological polar surface area (TPSA) is 78.8 Å². The molecule has 0 radical (unpaired) electrons. The molecule has 0 saturated heterocycles. The Kier molecular flexibility index (Phi) is 3.73. The number of carbonyl (C=O) groups excluding carboxylic acids is 2. The van der Waals surface area contributed by atoms with Gasteiger partial charge in [-0.05, 0) is 31.4 Å². The number of amides is 1. The van der Waals surface area contributed by atoms with Crippen molar-refractivity contribution in [2.75, 3.05) is 5.32 Å². The van der Waals surface area contributed by atoms with Gasteiger partial charge in [0.25, 0.3) is 0 Å². The van der Waals surface area contributed by atoms with E-state index in [2.05, 4.69) is 26.2 Å². The number of anilines is 1. The summed E-state index contributed by atoms with van der Waals surface area (Å²) in [5.41, 5.74) is 0.245. The largest absolute Gasteiger partial charge is 0.506 e. The molecule has 1 aromatic rings. The number of rotatable bonds is 3. The average Bonchev–Trinajstić information content (AvgIpc) is 2.29. The number of hydrogen-bond acceptors (Lipinski definition) is 4. The molecular weight excluding hydrogens is 312 g/mol. The van der Waals surface area contributed by atoms with Gasteiger partial charge in [-0.1, -0.05) is 15.9 Å². The summed E-state index contributed by atoms with van der Waals surface area (Å²) in [6.45, 7) is 1.36. The van der Waals surface area contributed by atoms with Crippen LogP contribution in [0.2, 0.25) is 0 Å². The number of aliphatic imine (C=N–C) groups is 1. The third-order valence-corrected chi connectivity index (χ3v) is 4.00. The van der Waals surface area contributed by atoms with Gasteiger partial charge in [0.05, 0.1) is 5.69 Å². The van der Waals surface area contributed by atoms with Gasteiger partial charge in [0.15, 0.2) is 0 Å². The van der Waals surface area contributed by atoms with Gasteiger partial charge in [-0.15, -0.1) is 0 Å². The van der Waals surface area contributed by atoms with E-state index in [1.54, 1.807) is 12.1 Å². The molecule has 6 heteroatoms. The van der Waals surface area contributed by atoms with Crippen LogP contribution in [-0.2, 0) is 15.1 Å². The Labute approximate surface area is 118 Å².